The van der Waals surface area contributed by atoms with E-state index in [1.165, 1.54) is 13.0 Å². The number of aromatic hydroxyl groups is 1. The highest BCUT2D eigenvalue weighted by molar-refractivity contribution is 6.31. The van der Waals surface area contributed by atoms with Gasteiger partial charge < -0.3 is 15.2 Å². The molecule has 2 aliphatic rings. The van der Waals surface area contributed by atoms with E-state index in [0.29, 0.717) is 23.4 Å². The Bertz CT molecular complexity index is 1450. The lowest BCUT2D eigenvalue weighted by atomic mass is 9.82. The topological polar surface area (TPSA) is 92.7 Å². The van der Waals surface area contributed by atoms with Crippen molar-refractivity contribution in [2.75, 3.05) is 11.9 Å². The molecule has 0 fully saturated rings. The van der Waals surface area contributed by atoms with Crippen LogP contribution in [0.2, 0.25) is 0 Å². The standard InChI is InChI=1S/C30H25NO5/c1-17-15-20(7-8-21(17)16-36-18(2)32)19-9-11-22(12-10-19)31-25-13-14-26(33)28-27(25)29(34)23-5-3-4-6-24(23)30(28)35/h3-15,17,21,31,33H,16H2,1-2H3. The molecular formula is C30H25NO5. The lowest BCUT2D eigenvalue weighted by Crippen LogP contribution is -2.22. The second kappa shape index (κ2) is 9.30. The van der Waals surface area contributed by atoms with E-state index in [1.54, 1.807) is 30.3 Å². The number of anilines is 2. The molecule has 0 bridgehead atoms. The van der Waals surface area contributed by atoms with Crippen LogP contribution in [-0.2, 0) is 9.53 Å². The van der Waals surface area contributed by atoms with Gasteiger partial charge in [-0.05, 0) is 41.3 Å². The molecule has 0 saturated heterocycles. The first-order valence-electron chi connectivity index (χ1n) is 11.8. The third-order valence-corrected chi connectivity index (χ3v) is 6.67. The van der Waals surface area contributed by atoms with E-state index < -0.39 is 0 Å². The first kappa shape index (κ1) is 23.3. The molecule has 0 aliphatic heterocycles. The molecule has 0 aromatic heterocycles. The van der Waals surface area contributed by atoms with E-state index in [4.69, 9.17) is 4.74 Å². The number of ketones is 2. The summed E-state index contributed by atoms with van der Waals surface area (Å²) >= 11 is 0. The fraction of sp³-hybridized carbons (Fsp3) is 0.167. The molecular weight excluding hydrogens is 454 g/mol. The van der Waals surface area contributed by atoms with Crippen molar-refractivity contribution in [2.45, 2.75) is 13.8 Å². The third-order valence-electron chi connectivity index (χ3n) is 6.67. The molecule has 3 aromatic rings. The summed E-state index contributed by atoms with van der Waals surface area (Å²) in [6.07, 6.45) is 6.27. The first-order valence-corrected chi connectivity index (χ1v) is 11.8. The van der Waals surface area contributed by atoms with Gasteiger partial charge in [-0.1, -0.05) is 61.5 Å². The number of carbonyl (C=O) groups is 3. The van der Waals surface area contributed by atoms with Gasteiger partial charge in [-0.15, -0.1) is 0 Å². The number of phenols is 1. The Morgan fingerprint density at radius 2 is 1.61 bits per heavy atom. The van der Waals surface area contributed by atoms with Gasteiger partial charge in [0.15, 0.2) is 11.6 Å². The quantitative estimate of drug-likeness (QED) is 0.283. The fourth-order valence-corrected chi connectivity index (χ4v) is 4.69. The number of phenolic OH excluding ortho intramolecular Hbond substituents is 1. The largest absolute Gasteiger partial charge is 0.507 e. The monoisotopic (exact) mass is 479 g/mol. The summed E-state index contributed by atoms with van der Waals surface area (Å²) in [6, 6.07) is 17.5. The molecule has 180 valence electrons. The zero-order chi connectivity index (χ0) is 25.4. The van der Waals surface area contributed by atoms with Crippen LogP contribution in [0.5, 0.6) is 5.75 Å². The van der Waals surface area contributed by atoms with Gasteiger partial charge in [-0.3, -0.25) is 14.4 Å². The van der Waals surface area contributed by atoms with Crippen molar-refractivity contribution in [3.8, 4) is 5.75 Å². The Morgan fingerprint density at radius 1 is 0.944 bits per heavy atom. The molecule has 2 unspecified atom stereocenters. The lowest BCUT2D eigenvalue weighted by molar-refractivity contribution is -0.142. The molecule has 0 saturated carbocycles. The van der Waals surface area contributed by atoms with E-state index >= 15 is 0 Å². The highest BCUT2D eigenvalue weighted by atomic mass is 16.5. The minimum atomic E-state index is -0.367. The minimum absolute atomic E-state index is 0.0233. The van der Waals surface area contributed by atoms with Crippen LogP contribution in [0.1, 0.15) is 51.3 Å². The summed E-state index contributed by atoms with van der Waals surface area (Å²) in [6.45, 7) is 3.87. The molecule has 6 nitrogen and oxygen atoms in total. The Labute approximate surface area is 208 Å². The smallest absolute Gasteiger partial charge is 0.302 e. The Kier molecular flexibility index (Phi) is 6.02. The Morgan fingerprint density at radius 3 is 2.25 bits per heavy atom. The van der Waals surface area contributed by atoms with E-state index in [-0.39, 0.29) is 46.2 Å². The Hall–Kier alpha value is -4.45. The predicted molar refractivity (Wildman–Crippen MR) is 138 cm³/mol. The number of hydrogen-bond donors (Lipinski definition) is 2. The average molecular weight is 480 g/mol. The van der Waals surface area contributed by atoms with Gasteiger partial charge in [-0.25, -0.2) is 0 Å². The van der Waals surface area contributed by atoms with Crippen molar-refractivity contribution in [1.82, 2.24) is 0 Å². The maximum atomic E-state index is 13.3. The van der Waals surface area contributed by atoms with Crippen LogP contribution in [0, 0.1) is 11.8 Å². The molecule has 0 heterocycles. The van der Waals surface area contributed by atoms with Gasteiger partial charge in [0, 0.05) is 29.7 Å². The molecule has 0 spiro atoms. The molecule has 2 atom stereocenters. The van der Waals surface area contributed by atoms with E-state index in [1.807, 2.05) is 30.3 Å². The number of hydrogen-bond acceptors (Lipinski definition) is 6. The maximum Gasteiger partial charge on any atom is 0.302 e. The van der Waals surface area contributed by atoms with E-state index in [9.17, 15) is 19.5 Å². The second-order valence-electron chi connectivity index (χ2n) is 9.10. The molecule has 2 N–H and O–H groups in total. The van der Waals surface area contributed by atoms with Crippen LogP contribution in [0.25, 0.3) is 5.57 Å². The van der Waals surface area contributed by atoms with Crippen molar-refractivity contribution in [1.29, 1.82) is 0 Å². The normalized spacial score (nSPS) is 18.2. The van der Waals surface area contributed by atoms with Crippen LogP contribution in [0.3, 0.4) is 0 Å². The van der Waals surface area contributed by atoms with Gasteiger partial charge in [0.25, 0.3) is 0 Å². The Balaban J connectivity index is 1.39. The molecule has 5 rings (SSSR count). The van der Waals surface area contributed by atoms with Crippen LogP contribution < -0.4 is 5.32 Å². The maximum absolute atomic E-state index is 13.3. The van der Waals surface area contributed by atoms with Crippen LogP contribution in [0.15, 0.2) is 78.9 Å². The molecule has 6 heteroatoms. The zero-order valence-electron chi connectivity index (χ0n) is 19.9. The molecule has 36 heavy (non-hydrogen) atoms. The van der Waals surface area contributed by atoms with Crippen LogP contribution in [0.4, 0.5) is 11.4 Å². The van der Waals surface area contributed by atoms with Crippen molar-refractivity contribution in [3.63, 3.8) is 0 Å². The van der Waals surface area contributed by atoms with Gasteiger partial charge in [-0.2, -0.15) is 0 Å². The average Bonchev–Trinajstić information content (AvgIpc) is 2.88. The summed E-state index contributed by atoms with van der Waals surface area (Å²) < 4.78 is 5.16. The lowest BCUT2D eigenvalue weighted by Gasteiger charge is -2.23. The van der Waals surface area contributed by atoms with Gasteiger partial charge in [0.1, 0.15) is 5.75 Å². The number of fused-ring (bicyclic) bond motifs is 2. The van der Waals surface area contributed by atoms with E-state index in [0.717, 1.165) is 16.8 Å². The zero-order valence-corrected chi connectivity index (χ0v) is 19.9. The number of nitrogens with one attached hydrogen (secondary N) is 1. The summed E-state index contributed by atoms with van der Waals surface area (Å²) in [4.78, 5) is 37.4. The van der Waals surface area contributed by atoms with Crippen LogP contribution in [-0.4, -0.2) is 29.2 Å². The molecule has 2 aliphatic carbocycles. The van der Waals surface area contributed by atoms with Crippen molar-refractivity contribution in [3.05, 3.63) is 107 Å². The number of esters is 1. The molecule has 0 amide bonds. The number of benzene rings is 3. The van der Waals surface area contributed by atoms with Gasteiger partial charge in [0.2, 0.25) is 0 Å². The van der Waals surface area contributed by atoms with Gasteiger partial charge in [0.05, 0.1) is 23.4 Å². The van der Waals surface area contributed by atoms with E-state index in [2.05, 4.69) is 24.4 Å². The molecule has 0 radical (unpaired) electrons. The number of ether oxygens (including phenoxy) is 1. The van der Waals surface area contributed by atoms with Crippen molar-refractivity contribution >= 4 is 34.5 Å². The summed E-state index contributed by atoms with van der Waals surface area (Å²) in [5.41, 5.74) is 4.13. The number of rotatable bonds is 5. The van der Waals surface area contributed by atoms with Gasteiger partial charge >= 0.3 is 5.97 Å². The highest BCUT2D eigenvalue weighted by Crippen LogP contribution is 2.38. The second-order valence-corrected chi connectivity index (χ2v) is 9.10. The van der Waals surface area contributed by atoms with Crippen molar-refractivity contribution in [2.24, 2.45) is 11.8 Å². The summed E-state index contributed by atoms with van der Waals surface area (Å²) in [7, 11) is 0. The van der Waals surface area contributed by atoms with Crippen LogP contribution >= 0.6 is 0 Å². The summed E-state index contributed by atoms with van der Waals surface area (Å²) in [5, 5.41) is 13.6. The fourth-order valence-electron chi connectivity index (χ4n) is 4.69. The minimum Gasteiger partial charge on any atom is -0.507 e. The molecule has 3 aromatic carbocycles. The summed E-state index contributed by atoms with van der Waals surface area (Å²) in [5.74, 6) is -0.796. The first-order chi connectivity index (χ1) is 17.3. The predicted octanol–water partition coefficient (Wildman–Crippen LogP) is 5.68. The number of allylic oxidation sites excluding steroid dienone is 3. The van der Waals surface area contributed by atoms with Crippen molar-refractivity contribution < 1.29 is 24.2 Å². The number of carbonyl (C=O) groups excluding carboxylic acids is 3. The highest BCUT2D eigenvalue weighted by Gasteiger charge is 2.34. The SMILES string of the molecule is CC(=O)OCC1C=CC(c2ccc(Nc3ccc(O)c4c3C(=O)c3ccccc3C4=O)cc2)=CC1C. The third kappa shape index (κ3) is 4.22.